The molecule has 0 spiro atoms. The third kappa shape index (κ3) is 2.59. The van der Waals surface area contributed by atoms with Crippen molar-refractivity contribution in [2.75, 3.05) is 18.1 Å². The number of aliphatic hydroxyl groups excluding tert-OH is 1. The molecule has 0 aromatic heterocycles. The van der Waals surface area contributed by atoms with E-state index >= 15 is 0 Å². The fourth-order valence-electron chi connectivity index (χ4n) is 3.23. The van der Waals surface area contributed by atoms with Crippen molar-refractivity contribution >= 4 is 9.84 Å². The third-order valence-electron chi connectivity index (χ3n) is 4.40. The van der Waals surface area contributed by atoms with Gasteiger partial charge in [-0.25, -0.2) is 8.42 Å². The van der Waals surface area contributed by atoms with Crippen molar-refractivity contribution in [1.82, 2.24) is 0 Å². The average molecular weight is 246 g/mol. The second-order valence-electron chi connectivity index (χ2n) is 5.66. The summed E-state index contributed by atoms with van der Waals surface area (Å²) in [5, 5.41) is 9.49. The molecule has 0 aliphatic heterocycles. The Balaban J connectivity index is 1.80. The predicted molar refractivity (Wildman–Crippen MR) is 63.9 cm³/mol. The van der Waals surface area contributed by atoms with Crippen LogP contribution in [-0.4, -0.2) is 31.6 Å². The highest BCUT2D eigenvalue weighted by atomic mass is 32.2. The van der Waals surface area contributed by atoms with Gasteiger partial charge in [0.25, 0.3) is 0 Å². The Hall–Kier alpha value is -0.0900. The quantitative estimate of drug-likeness (QED) is 0.774. The van der Waals surface area contributed by atoms with Gasteiger partial charge in [-0.2, -0.15) is 0 Å². The molecule has 2 rings (SSSR count). The van der Waals surface area contributed by atoms with Gasteiger partial charge in [0.2, 0.25) is 0 Å². The molecular formula is C12H22O3S. The molecule has 4 heteroatoms. The molecule has 2 saturated carbocycles. The van der Waals surface area contributed by atoms with E-state index in [9.17, 15) is 13.5 Å². The van der Waals surface area contributed by atoms with Crippen LogP contribution in [0.2, 0.25) is 0 Å². The van der Waals surface area contributed by atoms with Crippen molar-refractivity contribution in [2.24, 2.45) is 17.3 Å². The first-order valence-corrected chi connectivity index (χ1v) is 8.14. The minimum absolute atomic E-state index is 0.0663. The minimum Gasteiger partial charge on any atom is -0.396 e. The molecule has 2 atom stereocenters. The standard InChI is InChI=1S/C12H22O3S/c1-2-16(14,15)5-3-4-12(9-13)7-10-6-11(10)8-12/h10-11,13H,2-9H2,1H3. The first-order chi connectivity index (χ1) is 7.50. The lowest BCUT2D eigenvalue weighted by molar-refractivity contribution is 0.107. The second-order valence-corrected chi connectivity index (χ2v) is 8.13. The maximum atomic E-state index is 11.4. The molecule has 0 heterocycles. The van der Waals surface area contributed by atoms with Crippen LogP contribution in [0.4, 0.5) is 0 Å². The lowest BCUT2D eigenvalue weighted by Crippen LogP contribution is -2.24. The molecule has 0 saturated heterocycles. The van der Waals surface area contributed by atoms with Crippen LogP contribution in [0.1, 0.15) is 39.0 Å². The van der Waals surface area contributed by atoms with Gasteiger partial charge in [0, 0.05) is 12.4 Å². The van der Waals surface area contributed by atoms with Gasteiger partial charge in [0.05, 0.1) is 5.75 Å². The highest BCUT2D eigenvalue weighted by molar-refractivity contribution is 7.91. The number of sulfone groups is 1. The molecule has 3 nitrogen and oxygen atoms in total. The summed E-state index contributed by atoms with van der Waals surface area (Å²) in [7, 11) is -2.83. The molecule has 2 fully saturated rings. The minimum atomic E-state index is -2.83. The maximum Gasteiger partial charge on any atom is 0.150 e. The molecule has 1 N–H and O–H groups in total. The lowest BCUT2D eigenvalue weighted by Gasteiger charge is -2.28. The predicted octanol–water partition coefficient (Wildman–Crippen LogP) is 1.61. The van der Waals surface area contributed by atoms with E-state index in [-0.39, 0.29) is 17.8 Å². The van der Waals surface area contributed by atoms with Crippen LogP contribution in [0.15, 0.2) is 0 Å². The first-order valence-electron chi connectivity index (χ1n) is 6.31. The smallest absolute Gasteiger partial charge is 0.150 e. The summed E-state index contributed by atoms with van der Waals surface area (Å²) in [5.74, 6) is 2.22. The van der Waals surface area contributed by atoms with Crippen molar-refractivity contribution < 1.29 is 13.5 Å². The van der Waals surface area contributed by atoms with Crippen molar-refractivity contribution in [1.29, 1.82) is 0 Å². The van der Waals surface area contributed by atoms with Gasteiger partial charge >= 0.3 is 0 Å². The molecule has 0 aromatic carbocycles. The van der Waals surface area contributed by atoms with E-state index < -0.39 is 9.84 Å². The Morgan fingerprint density at radius 2 is 1.94 bits per heavy atom. The summed E-state index contributed by atoms with van der Waals surface area (Å²) in [5.41, 5.74) is 0.0663. The molecule has 16 heavy (non-hydrogen) atoms. The van der Waals surface area contributed by atoms with Crippen LogP contribution in [0.25, 0.3) is 0 Å². The molecule has 0 aromatic rings. The number of rotatable bonds is 6. The fraction of sp³-hybridized carbons (Fsp3) is 1.00. The van der Waals surface area contributed by atoms with Crippen LogP contribution in [0.5, 0.6) is 0 Å². The number of fused-ring (bicyclic) bond motifs is 1. The Kier molecular flexibility index (Phi) is 3.32. The Labute approximate surface area is 98.2 Å². The van der Waals surface area contributed by atoms with E-state index in [2.05, 4.69) is 0 Å². The second kappa shape index (κ2) is 4.30. The Bertz CT molecular complexity index is 337. The molecular weight excluding hydrogens is 224 g/mol. The summed E-state index contributed by atoms with van der Waals surface area (Å²) in [6, 6.07) is 0. The van der Waals surface area contributed by atoms with E-state index in [1.165, 1.54) is 6.42 Å². The Morgan fingerprint density at radius 1 is 1.31 bits per heavy atom. The maximum absolute atomic E-state index is 11.4. The summed E-state index contributed by atoms with van der Waals surface area (Å²) >= 11 is 0. The molecule has 0 radical (unpaired) electrons. The zero-order valence-electron chi connectivity index (χ0n) is 9.98. The van der Waals surface area contributed by atoms with E-state index in [4.69, 9.17) is 0 Å². The highest BCUT2D eigenvalue weighted by Crippen LogP contribution is 2.61. The largest absolute Gasteiger partial charge is 0.396 e. The molecule has 0 bridgehead atoms. The van der Waals surface area contributed by atoms with Crippen LogP contribution >= 0.6 is 0 Å². The number of aliphatic hydroxyl groups is 1. The summed E-state index contributed by atoms with van der Waals surface area (Å²) < 4.78 is 22.8. The normalized spacial score (nSPS) is 37.4. The van der Waals surface area contributed by atoms with Crippen molar-refractivity contribution in [3.05, 3.63) is 0 Å². The zero-order chi connectivity index (χ0) is 11.8. The third-order valence-corrected chi connectivity index (χ3v) is 6.19. The van der Waals surface area contributed by atoms with Crippen molar-refractivity contribution in [3.8, 4) is 0 Å². The summed E-state index contributed by atoms with van der Waals surface area (Å²) in [6.45, 7) is 1.94. The monoisotopic (exact) mass is 246 g/mol. The van der Waals surface area contributed by atoms with Gasteiger partial charge in [-0.05, 0) is 49.4 Å². The lowest BCUT2D eigenvalue weighted by atomic mass is 9.80. The first kappa shape index (κ1) is 12.4. The van der Waals surface area contributed by atoms with Crippen LogP contribution < -0.4 is 0 Å². The summed E-state index contributed by atoms with van der Waals surface area (Å²) in [4.78, 5) is 0. The average Bonchev–Trinajstić information content (AvgIpc) is 2.87. The van der Waals surface area contributed by atoms with Crippen molar-refractivity contribution in [3.63, 3.8) is 0 Å². The Morgan fingerprint density at radius 3 is 2.44 bits per heavy atom. The number of hydrogen-bond donors (Lipinski definition) is 1. The van der Waals surface area contributed by atoms with E-state index in [0.717, 1.165) is 37.5 Å². The van der Waals surface area contributed by atoms with Gasteiger partial charge in [0.1, 0.15) is 9.84 Å². The van der Waals surface area contributed by atoms with Crippen LogP contribution in [0, 0.1) is 17.3 Å². The highest BCUT2D eigenvalue weighted by Gasteiger charge is 2.52. The van der Waals surface area contributed by atoms with Gasteiger partial charge in [-0.15, -0.1) is 0 Å². The van der Waals surface area contributed by atoms with Gasteiger partial charge < -0.3 is 5.11 Å². The molecule has 2 unspecified atom stereocenters. The molecule has 2 aliphatic carbocycles. The van der Waals surface area contributed by atoms with E-state index in [0.29, 0.717) is 5.75 Å². The van der Waals surface area contributed by atoms with Gasteiger partial charge in [-0.1, -0.05) is 6.92 Å². The molecule has 94 valence electrons. The van der Waals surface area contributed by atoms with Gasteiger partial charge in [0.15, 0.2) is 0 Å². The van der Waals surface area contributed by atoms with Crippen LogP contribution in [-0.2, 0) is 9.84 Å². The van der Waals surface area contributed by atoms with Gasteiger partial charge in [-0.3, -0.25) is 0 Å². The van der Waals surface area contributed by atoms with Crippen molar-refractivity contribution in [2.45, 2.75) is 39.0 Å². The topological polar surface area (TPSA) is 54.4 Å². The van der Waals surface area contributed by atoms with E-state index in [1.54, 1.807) is 6.92 Å². The van der Waals surface area contributed by atoms with Crippen LogP contribution in [0.3, 0.4) is 0 Å². The molecule has 0 amide bonds. The SMILES string of the molecule is CCS(=O)(=O)CCCC1(CO)CC2CC2C1. The zero-order valence-corrected chi connectivity index (χ0v) is 10.8. The fourth-order valence-corrected chi connectivity index (χ4v) is 4.10. The van der Waals surface area contributed by atoms with E-state index in [1.807, 2.05) is 0 Å². The number of hydrogen-bond acceptors (Lipinski definition) is 3. The summed E-state index contributed by atoms with van der Waals surface area (Å²) in [6.07, 6.45) is 5.20. The molecule has 2 aliphatic rings.